The number of benzene rings is 1. The number of halogens is 1. The van der Waals surface area contributed by atoms with Gasteiger partial charge in [-0.2, -0.15) is 0 Å². The van der Waals surface area contributed by atoms with Gasteiger partial charge in [0.05, 0.1) is 6.61 Å². The first-order valence-corrected chi connectivity index (χ1v) is 6.69. The molecule has 0 spiro atoms. The molecule has 0 aliphatic heterocycles. The van der Waals surface area contributed by atoms with Crippen molar-refractivity contribution >= 4 is 15.9 Å². The molecule has 0 aliphatic carbocycles. The molecule has 2 nitrogen and oxygen atoms in total. The zero-order valence-electron chi connectivity index (χ0n) is 9.64. The second kappa shape index (κ2) is 6.80. The van der Waals surface area contributed by atoms with E-state index in [4.69, 9.17) is 6.42 Å². The van der Waals surface area contributed by atoms with Crippen LogP contribution in [0.3, 0.4) is 0 Å². The Morgan fingerprint density at radius 1 is 1.35 bits per heavy atom. The maximum Gasteiger partial charge on any atom is 0.131 e. The fourth-order valence-electron chi connectivity index (χ4n) is 1.70. The van der Waals surface area contributed by atoms with E-state index in [1.807, 2.05) is 30.3 Å². The fourth-order valence-corrected chi connectivity index (χ4v) is 2.44. The van der Waals surface area contributed by atoms with Crippen LogP contribution in [0.4, 0.5) is 0 Å². The van der Waals surface area contributed by atoms with Crippen molar-refractivity contribution in [2.24, 2.45) is 5.92 Å². The molecule has 17 heavy (non-hydrogen) atoms. The van der Waals surface area contributed by atoms with Crippen LogP contribution in [0.25, 0.3) is 0 Å². The van der Waals surface area contributed by atoms with Crippen molar-refractivity contribution in [3.63, 3.8) is 0 Å². The minimum Gasteiger partial charge on any atom is -0.396 e. The first-order chi connectivity index (χ1) is 8.16. The Morgan fingerprint density at radius 2 is 2.00 bits per heavy atom. The SMILES string of the molecule is C#C[C@@](O)(CCc1ccccc1)[C@H](CO)CBr. The van der Waals surface area contributed by atoms with E-state index in [-0.39, 0.29) is 12.5 Å². The molecule has 1 aromatic carbocycles. The first kappa shape index (κ1) is 14.2. The van der Waals surface area contributed by atoms with Crippen molar-refractivity contribution in [1.29, 1.82) is 0 Å². The molecule has 2 atom stereocenters. The highest BCUT2D eigenvalue weighted by Gasteiger charge is 2.33. The van der Waals surface area contributed by atoms with Gasteiger partial charge < -0.3 is 10.2 Å². The van der Waals surface area contributed by atoms with E-state index in [2.05, 4.69) is 21.9 Å². The lowest BCUT2D eigenvalue weighted by molar-refractivity contribution is 0.0142. The van der Waals surface area contributed by atoms with Gasteiger partial charge in [-0.05, 0) is 18.4 Å². The Labute approximate surface area is 111 Å². The summed E-state index contributed by atoms with van der Waals surface area (Å²) in [6.45, 7) is -0.124. The van der Waals surface area contributed by atoms with Gasteiger partial charge in [-0.3, -0.25) is 0 Å². The average Bonchev–Trinajstić information content (AvgIpc) is 2.39. The summed E-state index contributed by atoms with van der Waals surface area (Å²) in [6.07, 6.45) is 6.54. The van der Waals surface area contributed by atoms with Crippen LogP contribution < -0.4 is 0 Å². The van der Waals surface area contributed by atoms with Gasteiger partial charge >= 0.3 is 0 Å². The van der Waals surface area contributed by atoms with Gasteiger partial charge in [0.1, 0.15) is 5.60 Å². The summed E-state index contributed by atoms with van der Waals surface area (Å²) >= 11 is 3.26. The van der Waals surface area contributed by atoms with E-state index < -0.39 is 5.60 Å². The number of aliphatic hydroxyl groups excluding tert-OH is 1. The second-order valence-corrected chi connectivity index (χ2v) is 4.74. The number of aliphatic hydroxyl groups is 2. The maximum absolute atomic E-state index is 10.3. The smallest absolute Gasteiger partial charge is 0.131 e. The molecule has 3 heteroatoms. The third-order valence-corrected chi connectivity index (χ3v) is 3.75. The lowest BCUT2D eigenvalue weighted by Crippen LogP contribution is -2.40. The van der Waals surface area contributed by atoms with Crippen molar-refractivity contribution < 1.29 is 10.2 Å². The summed E-state index contributed by atoms with van der Waals surface area (Å²) in [4.78, 5) is 0. The van der Waals surface area contributed by atoms with Crippen LogP contribution in [0.15, 0.2) is 30.3 Å². The van der Waals surface area contributed by atoms with Crippen molar-refractivity contribution in [3.05, 3.63) is 35.9 Å². The molecule has 92 valence electrons. The molecular formula is C14H17BrO2. The molecular weight excluding hydrogens is 280 g/mol. The van der Waals surface area contributed by atoms with Crippen LogP contribution in [0.1, 0.15) is 12.0 Å². The highest BCUT2D eigenvalue weighted by atomic mass is 79.9. The normalized spacial score (nSPS) is 15.9. The summed E-state index contributed by atoms with van der Waals surface area (Å²) in [5.41, 5.74) is -0.124. The van der Waals surface area contributed by atoms with Gasteiger partial charge in [0.25, 0.3) is 0 Å². The van der Waals surface area contributed by atoms with Crippen molar-refractivity contribution in [1.82, 2.24) is 0 Å². The number of rotatable bonds is 6. The number of terminal acetylenes is 1. The molecule has 0 unspecified atom stereocenters. The lowest BCUT2D eigenvalue weighted by atomic mass is 9.85. The summed E-state index contributed by atoms with van der Waals surface area (Å²) in [5, 5.41) is 20.0. The molecule has 0 radical (unpaired) electrons. The summed E-state index contributed by atoms with van der Waals surface area (Å²) in [5.74, 6) is 2.08. The van der Waals surface area contributed by atoms with Crippen molar-refractivity contribution in [3.8, 4) is 12.3 Å². The molecule has 0 aromatic heterocycles. The fraction of sp³-hybridized carbons (Fsp3) is 0.429. The van der Waals surface area contributed by atoms with Crippen LogP contribution in [-0.2, 0) is 6.42 Å². The van der Waals surface area contributed by atoms with E-state index in [0.29, 0.717) is 18.2 Å². The van der Waals surface area contributed by atoms with Crippen LogP contribution in [0, 0.1) is 18.3 Å². The maximum atomic E-state index is 10.3. The lowest BCUT2D eigenvalue weighted by Gasteiger charge is -2.29. The van der Waals surface area contributed by atoms with E-state index in [1.54, 1.807) is 0 Å². The predicted octanol–water partition coefficient (Wildman–Crippen LogP) is 1.99. The molecule has 0 heterocycles. The summed E-state index contributed by atoms with van der Waals surface area (Å²) in [6, 6.07) is 9.86. The molecule has 0 saturated carbocycles. The van der Waals surface area contributed by atoms with Gasteiger partial charge in [-0.25, -0.2) is 0 Å². The molecule has 0 aliphatic rings. The van der Waals surface area contributed by atoms with Gasteiger partial charge in [0, 0.05) is 11.2 Å². The molecule has 0 amide bonds. The van der Waals surface area contributed by atoms with Crippen LogP contribution in [0.5, 0.6) is 0 Å². The molecule has 1 aromatic rings. The van der Waals surface area contributed by atoms with Crippen LogP contribution in [-0.4, -0.2) is 27.8 Å². The number of hydrogen-bond donors (Lipinski definition) is 2. The topological polar surface area (TPSA) is 40.5 Å². The standard InChI is InChI=1S/C14H17BrO2/c1-2-14(17,13(10-15)11-16)9-8-12-6-4-3-5-7-12/h1,3-7,13,16-17H,8-11H2/t13-,14+/m0/s1. The van der Waals surface area contributed by atoms with Gasteiger partial charge in [-0.1, -0.05) is 52.2 Å². The Morgan fingerprint density at radius 3 is 2.47 bits per heavy atom. The van der Waals surface area contributed by atoms with Crippen LogP contribution >= 0.6 is 15.9 Å². The summed E-state index contributed by atoms with van der Waals surface area (Å²) < 4.78 is 0. The van der Waals surface area contributed by atoms with Gasteiger partial charge in [0.2, 0.25) is 0 Å². The van der Waals surface area contributed by atoms with E-state index in [9.17, 15) is 10.2 Å². The molecule has 1 rings (SSSR count). The summed E-state index contributed by atoms with van der Waals surface area (Å²) in [7, 11) is 0. The quantitative estimate of drug-likeness (QED) is 0.623. The van der Waals surface area contributed by atoms with Crippen molar-refractivity contribution in [2.75, 3.05) is 11.9 Å². The molecule has 2 N–H and O–H groups in total. The molecule has 0 saturated heterocycles. The molecule has 0 fully saturated rings. The van der Waals surface area contributed by atoms with E-state index >= 15 is 0 Å². The van der Waals surface area contributed by atoms with Gasteiger partial charge in [-0.15, -0.1) is 6.42 Å². The highest BCUT2D eigenvalue weighted by molar-refractivity contribution is 9.09. The number of hydrogen-bond acceptors (Lipinski definition) is 2. The minimum atomic E-state index is -1.26. The Kier molecular flexibility index (Phi) is 5.70. The van der Waals surface area contributed by atoms with E-state index in [0.717, 1.165) is 5.56 Å². The Bertz CT molecular complexity index is 368. The third kappa shape index (κ3) is 3.85. The largest absolute Gasteiger partial charge is 0.396 e. The zero-order chi connectivity index (χ0) is 12.7. The number of aryl methyl sites for hydroxylation is 1. The van der Waals surface area contributed by atoms with Gasteiger partial charge in [0.15, 0.2) is 0 Å². The minimum absolute atomic E-state index is 0.124. The van der Waals surface area contributed by atoms with Crippen molar-refractivity contribution in [2.45, 2.75) is 18.4 Å². The van der Waals surface area contributed by atoms with E-state index in [1.165, 1.54) is 0 Å². The third-order valence-electron chi connectivity index (χ3n) is 2.97. The first-order valence-electron chi connectivity index (χ1n) is 5.57. The predicted molar refractivity (Wildman–Crippen MR) is 72.9 cm³/mol. The Balaban J connectivity index is 2.67. The molecule has 0 bridgehead atoms. The monoisotopic (exact) mass is 296 g/mol. The van der Waals surface area contributed by atoms with Crippen LogP contribution in [0.2, 0.25) is 0 Å². The number of alkyl halides is 1. The highest BCUT2D eigenvalue weighted by Crippen LogP contribution is 2.24. The second-order valence-electron chi connectivity index (χ2n) is 4.09. The Hall–Kier alpha value is -0.820. The zero-order valence-corrected chi connectivity index (χ0v) is 11.2. The average molecular weight is 297 g/mol.